The van der Waals surface area contributed by atoms with Gasteiger partial charge in [-0.2, -0.15) is 15.1 Å². The lowest BCUT2D eigenvalue weighted by Gasteiger charge is -2.27. The fourth-order valence-corrected chi connectivity index (χ4v) is 7.24. The smallest absolute Gasteiger partial charge is 0.459 e. The monoisotopic (exact) mass is 706 g/mol. The van der Waals surface area contributed by atoms with Gasteiger partial charge in [-0.1, -0.05) is 66.7 Å². The van der Waals surface area contributed by atoms with Gasteiger partial charge in [-0.05, 0) is 44.7 Å². The van der Waals surface area contributed by atoms with Gasteiger partial charge in [0.2, 0.25) is 11.8 Å². The van der Waals surface area contributed by atoms with Crippen molar-refractivity contribution in [1.29, 1.82) is 0 Å². The zero-order valence-electron chi connectivity index (χ0n) is 27.9. The van der Waals surface area contributed by atoms with E-state index < -0.39 is 56.5 Å². The molecule has 1 aliphatic heterocycles. The molecule has 2 aromatic heterocycles. The van der Waals surface area contributed by atoms with E-state index in [2.05, 4.69) is 20.0 Å². The van der Waals surface area contributed by atoms with Crippen molar-refractivity contribution in [3.63, 3.8) is 0 Å². The van der Waals surface area contributed by atoms with E-state index in [0.717, 1.165) is 10.9 Å². The van der Waals surface area contributed by atoms with Crippen molar-refractivity contribution in [3.05, 3.63) is 84.7 Å². The van der Waals surface area contributed by atoms with Gasteiger partial charge in [0.05, 0.1) is 19.5 Å². The molecule has 264 valence electrons. The summed E-state index contributed by atoms with van der Waals surface area (Å²) < 4.78 is 45.1. The van der Waals surface area contributed by atoms with Crippen LogP contribution in [0.15, 0.2) is 79.1 Å². The van der Waals surface area contributed by atoms with E-state index in [1.54, 1.807) is 38.1 Å². The average Bonchev–Trinajstić information content (AvgIpc) is 3.61. The van der Waals surface area contributed by atoms with Crippen molar-refractivity contribution in [2.75, 3.05) is 18.9 Å². The first-order valence-corrected chi connectivity index (χ1v) is 17.6. The largest absolute Gasteiger partial charge is 0.476 e. The molecule has 0 bridgehead atoms. The molecule has 5 N–H and O–H groups in total. The average molecular weight is 707 g/mol. The van der Waals surface area contributed by atoms with Crippen LogP contribution in [0.2, 0.25) is 0 Å². The number of hydrogen-bond donors (Lipinski definition) is 4. The van der Waals surface area contributed by atoms with Gasteiger partial charge < -0.3 is 34.7 Å². The SMILES string of the molecule is CCOc1nc(N)nc2c1ncn2C1O[C@H](COP(=O)(NC(C)C(=O)O[C@@H](C)c2ccccc2)Oc2cccc3ccccc23)[C@@H](O)[C@@]1(C)O. The van der Waals surface area contributed by atoms with E-state index in [-0.39, 0.29) is 28.7 Å². The van der Waals surface area contributed by atoms with E-state index >= 15 is 0 Å². The van der Waals surface area contributed by atoms with Gasteiger partial charge in [0.25, 0.3) is 0 Å². The van der Waals surface area contributed by atoms with Gasteiger partial charge in [0, 0.05) is 5.39 Å². The molecule has 1 saturated heterocycles. The molecule has 15 nitrogen and oxygen atoms in total. The lowest BCUT2D eigenvalue weighted by Crippen LogP contribution is -2.44. The van der Waals surface area contributed by atoms with Crippen LogP contribution in [0.4, 0.5) is 5.95 Å². The standard InChI is InChI=1S/C34H39N6O9P/c1-5-45-30-27-29(37-33(35)38-30)40(19-36-27)32-34(4,43)28(41)26(48-32)18-46-50(44,49-25-17-11-15-23-14-9-10-16-24(23)25)39-20(2)31(42)47-21(3)22-12-7-6-8-13-22/h6-17,19-21,26,28,32,41,43H,5,18H2,1-4H3,(H,39,44)(H2,35,37,38)/t20?,21-,26+,28+,32?,34+,50?/m0/s1. The van der Waals surface area contributed by atoms with Crippen LogP contribution >= 0.6 is 7.75 Å². The van der Waals surface area contributed by atoms with Crippen LogP contribution in [0.5, 0.6) is 11.6 Å². The van der Waals surface area contributed by atoms with Crippen LogP contribution < -0.4 is 20.1 Å². The third-order valence-corrected chi connectivity index (χ3v) is 9.97. The van der Waals surface area contributed by atoms with Crippen LogP contribution in [-0.4, -0.2) is 72.8 Å². The summed E-state index contributed by atoms with van der Waals surface area (Å²) in [4.78, 5) is 25.8. The fraction of sp³-hybridized carbons (Fsp3) is 0.353. The first-order chi connectivity index (χ1) is 23.9. The van der Waals surface area contributed by atoms with E-state index in [1.807, 2.05) is 48.5 Å². The second-order valence-electron chi connectivity index (χ2n) is 12.0. The Hall–Kier alpha value is -4.63. The maximum absolute atomic E-state index is 14.5. The molecule has 1 fully saturated rings. The number of esters is 1. The number of aromatic nitrogens is 4. The number of nitrogen functional groups attached to an aromatic ring is 1. The summed E-state index contributed by atoms with van der Waals surface area (Å²) in [7, 11) is -4.43. The van der Waals surface area contributed by atoms with Crippen molar-refractivity contribution in [2.45, 2.75) is 63.9 Å². The maximum Gasteiger partial charge on any atom is 0.459 e. The Balaban J connectivity index is 1.25. The molecule has 50 heavy (non-hydrogen) atoms. The van der Waals surface area contributed by atoms with E-state index in [4.69, 9.17) is 29.0 Å². The Morgan fingerprint density at radius 1 is 1.10 bits per heavy atom. The van der Waals surface area contributed by atoms with Gasteiger partial charge in [0.1, 0.15) is 35.7 Å². The molecule has 1 aliphatic rings. The first-order valence-electron chi connectivity index (χ1n) is 16.0. The Bertz CT molecular complexity index is 2020. The number of benzene rings is 3. The fourth-order valence-electron chi connectivity index (χ4n) is 5.72. The van der Waals surface area contributed by atoms with Gasteiger partial charge >= 0.3 is 13.7 Å². The van der Waals surface area contributed by atoms with Gasteiger partial charge in [-0.25, -0.2) is 9.55 Å². The summed E-state index contributed by atoms with van der Waals surface area (Å²) in [6.07, 6.45) is -3.24. The third kappa shape index (κ3) is 7.15. The Labute approximate surface area is 287 Å². The predicted molar refractivity (Wildman–Crippen MR) is 183 cm³/mol. The van der Waals surface area contributed by atoms with Crippen LogP contribution in [-0.2, 0) is 23.4 Å². The zero-order chi connectivity index (χ0) is 35.6. The van der Waals surface area contributed by atoms with Crippen molar-refractivity contribution >= 4 is 41.6 Å². The van der Waals surface area contributed by atoms with Crippen molar-refractivity contribution in [2.24, 2.45) is 0 Å². The topological polar surface area (TPSA) is 202 Å². The number of anilines is 1. The number of ether oxygens (including phenoxy) is 3. The molecule has 3 unspecified atom stereocenters. The molecule has 0 spiro atoms. The second-order valence-corrected chi connectivity index (χ2v) is 13.7. The van der Waals surface area contributed by atoms with Crippen LogP contribution in [0.25, 0.3) is 21.9 Å². The van der Waals surface area contributed by atoms with E-state index in [9.17, 15) is 19.6 Å². The highest BCUT2D eigenvalue weighted by atomic mass is 31.2. The normalized spacial score (nSPS) is 23.0. The number of imidazole rings is 1. The number of nitrogens with zero attached hydrogens (tertiary/aromatic N) is 4. The molecular formula is C34H39N6O9P. The molecule has 6 rings (SSSR count). The van der Waals surface area contributed by atoms with Gasteiger partial charge in [-0.15, -0.1) is 0 Å². The second kappa shape index (κ2) is 14.3. The number of nitrogens with one attached hydrogen (secondary N) is 1. The number of fused-ring (bicyclic) bond motifs is 2. The molecule has 16 heteroatoms. The number of hydrogen-bond acceptors (Lipinski definition) is 13. The summed E-state index contributed by atoms with van der Waals surface area (Å²) in [6, 6.07) is 20.6. The summed E-state index contributed by atoms with van der Waals surface area (Å²) in [6.45, 7) is 6.12. The molecule has 0 amide bonds. The number of rotatable bonds is 13. The summed E-state index contributed by atoms with van der Waals surface area (Å²) in [5.41, 5.74) is 5.25. The Morgan fingerprint density at radius 2 is 1.82 bits per heavy atom. The summed E-state index contributed by atoms with van der Waals surface area (Å²) in [5.74, 6) is -0.423. The van der Waals surface area contributed by atoms with Crippen molar-refractivity contribution in [3.8, 4) is 11.6 Å². The van der Waals surface area contributed by atoms with Crippen LogP contribution in [0, 0.1) is 0 Å². The third-order valence-electron chi connectivity index (χ3n) is 8.34. The predicted octanol–water partition coefficient (Wildman–Crippen LogP) is 4.46. The molecule has 0 aliphatic carbocycles. The molecule has 3 heterocycles. The molecule has 3 aromatic carbocycles. The summed E-state index contributed by atoms with van der Waals surface area (Å²) >= 11 is 0. The first kappa shape index (κ1) is 35.2. The minimum Gasteiger partial charge on any atom is -0.476 e. The minimum absolute atomic E-state index is 0.0934. The lowest BCUT2D eigenvalue weighted by atomic mass is 9.96. The lowest BCUT2D eigenvalue weighted by molar-refractivity contribution is -0.150. The van der Waals surface area contributed by atoms with Crippen molar-refractivity contribution in [1.82, 2.24) is 24.6 Å². The summed E-state index contributed by atoms with van der Waals surface area (Å²) in [5, 5.41) is 26.9. The zero-order valence-corrected chi connectivity index (χ0v) is 28.8. The molecule has 0 radical (unpaired) electrons. The number of carbonyl (C=O) groups excluding carboxylic acids is 1. The van der Waals surface area contributed by atoms with Crippen LogP contribution in [0.1, 0.15) is 45.6 Å². The molecular weight excluding hydrogens is 667 g/mol. The van der Waals surface area contributed by atoms with Gasteiger partial charge in [-0.3, -0.25) is 13.9 Å². The highest BCUT2D eigenvalue weighted by molar-refractivity contribution is 7.52. The van der Waals surface area contributed by atoms with Crippen molar-refractivity contribution < 1.29 is 42.8 Å². The molecule has 5 aromatic rings. The number of aliphatic hydroxyl groups excluding tert-OH is 1. The number of aliphatic hydroxyl groups is 2. The van der Waals surface area contributed by atoms with Crippen LogP contribution in [0.3, 0.4) is 0 Å². The van der Waals surface area contributed by atoms with E-state index in [0.29, 0.717) is 12.0 Å². The Morgan fingerprint density at radius 3 is 2.58 bits per heavy atom. The molecule has 0 saturated carbocycles. The Kier molecular flexibility index (Phi) is 10.1. The number of nitrogens with two attached hydrogens (primary N) is 1. The van der Waals surface area contributed by atoms with Gasteiger partial charge in [0.15, 0.2) is 17.4 Å². The maximum atomic E-state index is 14.5. The number of carbonyl (C=O) groups is 1. The minimum atomic E-state index is -4.43. The highest BCUT2D eigenvalue weighted by Crippen LogP contribution is 2.48. The molecule has 7 atom stereocenters. The highest BCUT2D eigenvalue weighted by Gasteiger charge is 2.54. The van der Waals surface area contributed by atoms with E-state index in [1.165, 1.54) is 24.7 Å². The quantitative estimate of drug-likeness (QED) is 0.0987.